The predicted octanol–water partition coefficient (Wildman–Crippen LogP) is 2.64. The minimum Gasteiger partial charge on any atom is -0.450 e. The SMILES string of the molecule is CC(=O)OC1(C2CC3CCC2C3)COC(O)(C(F)(F)F)C1(F)F. The normalized spacial score (nSPS) is 45.4. The summed E-state index contributed by atoms with van der Waals surface area (Å²) >= 11 is 0. The van der Waals surface area contributed by atoms with Crippen LogP contribution in [0, 0.1) is 17.8 Å². The number of esters is 1. The van der Waals surface area contributed by atoms with E-state index in [1.165, 1.54) is 0 Å². The van der Waals surface area contributed by atoms with Gasteiger partial charge in [0.2, 0.25) is 5.60 Å². The highest BCUT2D eigenvalue weighted by Gasteiger charge is 2.86. The van der Waals surface area contributed by atoms with Crippen molar-refractivity contribution in [1.82, 2.24) is 0 Å². The molecular formula is C14H17F5O4. The molecule has 0 aromatic carbocycles. The van der Waals surface area contributed by atoms with Crippen molar-refractivity contribution in [2.45, 2.75) is 56.1 Å². The Labute approximate surface area is 128 Å². The van der Waals surface area contributed by atoms with Crippen LogP contribution in [0.5, 0.6) is 0 Å². The van der Waals surface area contributed by atoms with Crippen LogP contribution in [-0.2, 0) is 14.3 Å². The first kappa shape index (κ1) is 16.9. The molecule has 9 heteroatoms. The van der Waals surface area contributed by atoms with Crippen molar-refractivity contribution in [1.29, 1.82) is 0 Å². The Balaban J connectivity index is 2.05. The van der Waals surface area contributed by atoms with Crippen molar-refractivity contribution in [2.75, 3.05) is 6.61 Å². The average molecular weight is 344 g/mol. The maximum atomic E-state index is 14.8. The summed E-state index contributed by atoms with van der Waals surface area (Å²) in [4.78, 5) is 11.3. The molecule has 2 saturated carbocycles. The van der Waals surface area contributed by atoms with Gasteiger partial charge in [0.1, 0.15) is 0 Å². The quantitative estimate of drug-likeness (QED) is 0.618. The van der Waals surface area contributed by atoms with Crippen LogP contribution in [-0.4, -0.2) is 41.2 Å². The third-order valence-electron chi connectivity index (χ3n) is 5.50. The lowest BCUT2D eigenvalue weighted by molar-refractivity contribution is -0.411. The number of ether oxygens (including phenoxy) is 2. The van der Waals surface area contributed by atoms with E-state index in [1.807, 2.05) is 0 Å². The highest BCUT2D eigenvalue weighted by molar-refractivity contribution is 5.67. The molecule has 3 aliphatic rings. The Hall–Kier alpha value is -0.960. The van der Waals surface area contributed by atoms with Gasteiger partial charge in [0.25, 0.3) is 0 Å². The average Bonchev–Trinajstić information content (AvgIpc) is 3.07. The lowest BCUT2D eigenvalue weighted by Gasteiger charge is -2.43. The molecule has 5 unspecified atom stereocenters. The van der Waals surface area contributed by atoms with E-state index in [0.717, 1.165) is 13.3 Å². The van der Waals surface area contributed by atoms with Gasteiger partial charge in [-0.1, -0.05) is 6.42 Å². The molecule has 4 nitrogen and oxygen atoms in total. The van der Waals surface area contributed by atoms with E-state index in [-0.39, 0.29) is 18.3 Å². The van der Waals surface area contributed by atoms with Crippen molar-refractivity contribution < 1.29 is 41.3 Å². The van der Waals surface area contributed by atoms with Gasteiger partial charge in [-0.3, -0.25) is 4.79 Å². The summed E-state index contributed by atoms with van der Waals surface area (Å²) in [5.41, 5.74) is -2.79. The summed E-state index contributed by atoms with van der Waals surface area (Å²) in [6, 6.07) is 0. The molecule has 0 aromatic rings. The van der Waals surface area contributed by atoms with Crippen LogP contribution in [0.25, 0.3) is 0 Å². The summed E-state index contributed by atoms with van der Waals surface area (Å²) in [5, 5.41) is 9.55. The monoisotopic (exact) mass is 344 g/mol. The van der Waals surface area contributed by atoms with Gasteiger partial charge in [0.15, 0.2) is 0 Å². The van der Waals surface area contributed by atoms with E-state index in [2.05, 4.69) is 4.74 Å². The van der Waals surface area contributed by atoms with Crippen LogP contribution < -0.4 is 0 Å². The Kier molecular flexibility index (Phi) is 3.51. The maximum Gasteiger partial charge on any atom is 0.449 e. The van der Waals surface area contributed by atoms with E-state index >= 15 is 0 Å². The van der Waals surface area contributed by atoms with E-state index in [9.17, 15) is 31.9 Å². The molecule has 1 saturated heterocycles. The van der Waals surface area contributed by atoms with Gasteiger partial charge in [-0.15, -0.1) is 0 Å². The summed E-state index contributed by atoms with van der Waals surface area (Å²) in [5.74, 6) is -11.7. The molecule has 0 amide bonds. The minimum absolute atomic E-state index is 0.132. The highest BCUT2D eigenvalue weighted by atomic mass is 19.4. The van der Waals surface area contributed by atoms with Crippen molar-refractivity contribution in [3.05, 3.63) is 0 Å². The molecule has 1 N–H and O–H groups in total. The number of hydrogen-bond acceptors (Lipinski definition) is 4. The Morgan fingerprint density at radius 2 is 1.91 bits per heavy atom. The lowest BCUT2D eigenvalue weighted by atomic mass is 9.72. The second-order valence-electron chi connectivity index (χ2n) is 6.77. The van der Waals surface area contributed by atoms with Gasteiger partial charge in [-0.25, -0.2) is 0 Å². The Bertz CT molecular complexity index is 522. The van der Waals surface area contributed by atoms with Crippen molar-refractivity contribution in [2.24, 2.45) is 17.8 Å². The van der Waals surface area contributed by atoms with Crippen LogP contribution in [0.4, 0.5) is 22.0 Å². The molecular weight excluding hydrogens is 327 g/mol. The minimum atomic E-state index is -5.71. The maximum absolute atomic E-state index is 14.8. The predicted molar refractivity (Wildman–Crippen MR) is 65.3 cm³/mol. The molecule has 2 bridgehead atoms. The zero-order valence-corrected chi connectivity index (χ0v) is 12.3. The number of carbonyl (C=O) groups excluding carboxylic acids is 1. The third-order valence-corrected chi connectivity index (χ3v) is 5.50. The first-order chi connectivity index (χ1) is 10.4. The van der Waals surface area contributed by atoms with Crippen LogP contribution in [0.2, 0.25) is 0 Å². The smallest absolute Gasteiger partial charge is 0.449 e. The molecule has 3 rings (SSSR count). The molecule has 2 aliphatic carbocycles. The number of rotatable bonds is 2. The van der Waals surface area contributed by atoms with Gasteiger partial charge >= 0.3 is 23.9 Å². The van der Waals surface area contributed by atoms with E-state index < -0.39 is 42.0 Å². The number of carbonyl (C=O) groups is 1. The first-order valence-corrected chi connectivity index (χ1v) is 7.45. The van der Waals surface area contributed by atoms with E-state index in [1.54, 1.807) is 0 Å². The second kappa shape index (κ2) is 4.78. The molecule has 0 aromatic heterocycles. The largest absolute Gasteiger partial charge is 0.450 e. The van der Waals surface area contributed by atoms with Crippen molar-refractivity contribution in [3.8, 4) is 0 Å². The number of aliphatic hydroxyl groups is 1. The third kappa shape index (κ3) is 2.05. The molecule has 3 fully saturated rings. The molecule has 0 radical (unpaired) electrons. The molecule has 5 atom stereocenters. The number of halogens is 5. The molecule has 132 valence electrons. The van der Waals surface area contributed by atoms with Crippen LogP contribution in [0.3, 0.4) is 0 Å². The van der Waals surface area contributed by atoms with Gasteiger partial charge in [0.05, 0.1) is 6.61 Å². The van der Waals surface area contributed by atoms with Gasteiger partial charge in [0, 0.05) is 12.8 Å². The second-order valence-corrected chi connectivity index (χ2v) is 6.77. The molecule has 1 aliphatic heterocycles. The fraction of sp³-hybridized carbons (Fsp3) is 0.929. The lowest BCUT2D eigenvalue weighted by Crippen LogP contribution is -2.67. The zero-order valence-electron chi connectivity index (χ0n) is 12.3. The molecule has 1 heterocycles. The highest BCUT2D eigenvalue weighted by Crippen LogP contribution is 2.63. The van der Waals surface area contributed by atoms with Crippen LogP contribution >= 0.6 is 0 Å². The number of fused-ring (bicyclic) bond motifs is 2. The molecule has 0 spiro atoms. The van der Waals surface area contributed by atoms with Crippen molar-refractivity contribution in [3.63, 3.8) is 0 Å². The first-order valence-electron chi connectivity index (χ1n) is 7.45. The standard InChI is InChI=1S/C14H17F5O4/c1-7(20)23-11(10-5-8-2-3-9(10)4-8)6-22-13(21,12(11,15)16)14(17,18)19/h8-10,21H,2-6H2,1H3. The fourth-order valence-electron chi connectivity index (χ4n) is 4.52. The van der Waals surface area contributed by atoms with Gasteiger partial charge in [-0.05, 0) is 31.1 Å². The zero-order chi connectivity index (χ0) is 17.3. The molecule has 23 heavy (non-hydrogen) atoms. The van der Waals surface area contributed by atoms with Crippen LogP contribution in [0.1, 0.15) is 32.6 Å². The number of alkyl halides is 5. The van der Waals surface area contributed by atoms with E-state index in [0.29, 0.717) is 12.8 Å². The summed E-state index contributed by atoms with van der Waals surface area (Å²) in [6.07, 6.45) is -3.43. The fourth-order valence-corrected chi connectivity index (χ4v) is 4.52. The van der Waals surface area contributed by atoms with Gasteiger partial charge < -0.3 is 14.6 Å². The van der Waals surface area contributed by atoms with Crippen molar-refractivity contribution >= 4 is 5.97 Å². The Morgan fingerprint density at radius 1 is 1.26 bits per heavy atom. The topological polar surface area (TPSA) is 55.8 Å². The van der Waals surface area contributed by atoms with Gasteiger partial charge in [-0.2, -0.15) is 22.0 Å². The number of hydrogen-bond donors (Lipinski definition) is 1. The van der Waals surface area contributed by atoms with E-state index in [4.69, 9.17) is 4.74 Å². The van der Waals surface area contributed by atoms with Crippen LogP contribution in [0.15, 0.2) is 0 Å². The summed E-state index contributed by atoms with van der Waals surface area (Å²) in [7, 11) is 0. The summed E-state index contributed by atoms with van der Waals surface area (Å²) < 4.78 is 77.5. The summed E-state index contributed by atoms with van der Waals surface area (Å²) in [6.45, 7) is -0.320. The Morgan fingerprint density at radius 3 is 2.30 bits per heavy atom.